The molecular formula is C22H14FN3O2S. The van der Waals surface area contributed by atoms with Gasteiger partial charge in [0.1, 0.15) is 16.6 Å². The number of benzene rings is 3. The third-order valence-corrected chi connectivity index (χ3v) is 5.42. The number of nitrogens with one attached hydrogen (secondary N) is 1. The second kappa shape index (κ2) is 7.70. The second-order valence-electron chi connectivity index (χ2n) is 6.16. The highest BCUT2D eigenvalue weighted by Gasteiger charge is 2.16. The Morgan fingerprint density at radius 2 is 2.00 bits per heavy atom. The predicted octanol–water partition coefficient (Wildman–Crippen LogP) is 5.23. The lowest BCUT2D eigenvalue weighted by molar-refractivity contribution is 0.102. The SMILES string of the molecule is COc1ccc(-c2nc3ccccc3s2)cc1NC(=O)c1ccc(C#N)cc1F. The predicted molar refractivity (Wildman–Crippen MR) is 111 cm³/mol. The lowest BCUT2D eigenvalue weighted by atomic mass is 10.1. The standard InChI is InChI=1S/C22H14FN3O2S/c1-28-19-9-7-14(22-26-17-4-2-3-5-20(17)29-22)11-18(19)25-21(27)15-8-6-13(12-24)10-16(15)23/h2-11H,1H3,(H,25,27). The van der Waals surface area contributed by atoms with Crippen LogP contribution in [0.15, 0.2) is 60.7 Å². The van der Waals surface area contributed by atoms with Gasteiger partial charge in [0, 0.05) is 5.56 Å². The summed E-state index contributed by atoms with van der Waals surface area (Å²) in [5.74, 6) is -0.952. The number of ether oxygens (including phenoxy) is 1. The Morgan fingerprint density at radius 1 is 1.17 bits per heavy atom. The van der Waals surface area contributed by atoms with E-state index in [9.17, 15) is 9.18 Å². The normalized spacial score (nSPS) is 10.5. The molecule has 0 aliphatic rings. The molecule has 1 aromatic heterocycles. The largest absolute Gasteiger partial charge is 0.495 e. The fourth-order valence-electron chi connectivity index (χ4n) is 2.89. The van der Waals surface area contributed by atoms with E-state index in [1.807, 2.05) is 36.4 Å². The number of thiazole rings is 1. The van der Waals surface area contributed by atoms with Crippen LogP contribution in [-0.2, 0) is 0 Å². The zero-order valence-electron chi connectivity index (χ0n) is 15.3. The highest BCUT2D eigenvalue weighted by atomic mass is 32.1. The maximum atomic E-state index is 14.2. The molecule has 1 amide bonds. The van der Waals surface area contributed by atoms with Crippen molar-refractivity contribution in [3.8, 4) is 22.4 Å². The van der Waals surface area contributed by atoms with Gasteiger partial charge < -0.3 is 10.1 Å². The van der Waals surface area contributed by atoms with Gasteiger partial charge >= 0.3 is 0 Å². The minimum absolute atomic E-state index is 0.148. The van der Waals surface area contributed by atoms with E-state index in [1.165, 1.54) is 30.6 Å². The van der Waals surface area contributed by atoms with Gasteiger partial charge in [-0.25, -0.2) is 9.37 Å². The molecule has 0 radical (unpaired) electrons. The highest BCUT2D eigenvalue weighted by molar-refractivity contribution is 7.21. The number of anilines is 1. The maximum absolute atomic E-state index is 14.2. The number of hydrogen-bond donors (Lipinski definition) is 1. The van der Waals surface area contributed by atoms with Crippen molar-refractivity contribution in [3.05, 3.63) is 77.6 Å². The van der Waals surface area contributed by atoms with Crippen molar-refractivity contribution in [2.75, 3.05) is 12.4 Å². The Morgan fingerprint density at radius 3 is 2.72 bits per heavy atom. The van der Waals surface area contributed by atoms with Crippen LogP contribution in [0.3, 0.4) is 0 Å². The molecule has 0 bridgehead atoms. The van der Waals surface area contributed by atoms with Crippen LogP contribution in [0.4, 0.5) is 10.1 Å². The average Bonchev–Trinajstić information content (AvgIpc) is 3.17. The van der Waals surface area contributed by atoms with E-state index in [0.717, 1.165) is 26.9 Å². The first-order valence-electron chi connectivity index (χ1n) is 8.64. The van der Waals surface area contributed by atoms with Crippen LogP contribution in [-0.4, -0.2) is 18.0 Å². The molecule has 0 atom stereocenters. The van der Waals surface area contributed by atoms with Gasteiger partial charge in [0.05, 0.1) is 40.2 Å². The zero-order chi connectivity index (χ0) is 20.4. The number of rotatable bonds is 4. The molecule has 0 unspecified atom stereocenters. The Hall–Kier alpha value is -3.76. The molecule has 4 aromatic rings. The smallest absolute Gasteiger partial charge is 0.258 e. The molecule has 0 saturated heterocycles. The number of methoxy groups -OCH3 is 1. The van der Waals surface area contributed by atoms with Crippen LogP contribution >= 0.6 is 11.3 Å². The summed E-state index contributed by atoms with van der Waals surface area (Å²) >= 11 is 1.54. The lowest BCUT2D eigenvalue weighted by Crippen LogP contribution is -2.14. The number of para-hydroxylation sites is 1. The van der Waals surface area contributed by atoms with Crippen LogP contribution in [0.5, 0.6) is 5.75 Å². The molecule has 4 rings (SSSR count). The van der Waals surface area contributed by atoms with Crippen LogP contribution in [0.1, 0.15) is 15.9 Å². The number of hydrogen-bond acceptors (Lipinski definition) is 5. The van der Waals surface area contributed by atoms with Crippen molar-refractivity contribution in [1.29, 1.82) is 5.26 Å². The second-order valence-corrected chi connectivity index (χ2v) is 7.19. The summed E-state index contributed by atoms with van der Waals surface area (Å²) in [6.07, 6.45) is 0. The molecule has 0 aliphatic carbocycles. The highest BCUT2D eigenvalue weighted by Crippen LogP contribution is 2.35. The molecule has 29 heavy (non-hydrogen) atoms. The Bertz CT molecular complexity index is 1240. The van der Waals surface area contributed by atoms with Crippen molar-refractivity contribution < 1.29 is 13.9 Å². The molecule has 7 heteroatoms. The summed E-state index contributed by atoms with van der Waals surface area (Å²) in [6.45, 7) is 0. The topological polar surface area (TPSA) is 75.0 Å². The molecule has 0 saturated carbocycles. The van der Waals surface area contributed by atoms with Crippen molar-refractivity contribution in [2.45, 2.75) is 0 Å². The Balaban J connectivity index is 1.68. The van der Waals surface area contributed by atoms with E-state index in [-0.39, 0.29) is 11.1 Å². The fourth-order valence-corrected chi connectivity index (χ4v) is 3.85. The summed E-state index contributed by atoms with van der Waals surface area (Å²) in [7, 11) is 1.49. The molecule has 0 aliphatic heterocycles. The summed E-state index contributed by atoms with van der Waals surface area (Å²) in [4.78, 5) is 17.2. The van der Waals surface area contributed by atoms with Crippen molar-refractivity contribution >= 4 is 33.1 Å². The number of aromatic nitrogens is 1. The van der Waals surface area contributed by atoms with Gasteiger partial charge in [0.15, 0.2) is 0 Å². The van der Waals surface area contributed by atoms with Crippen molar-refractivity contribution in [1.82, 2.24) is 4.98 Å². The molecule has 5 nitrogen and oxygen atoms in total. The van der Waals surface area contributed by atoms with Gasteiger partial charge in [-0.15, -0.1) is 11.3 Å². The van der Waals surface area contributed by atoms with Gasteiger partial charge in [-0.05, 0) is 48.5 Å². The minimum Gasteiger partial charge on any atom is -0.495 e. The van der Waals surface area contributed by atoms with E-state index in [0.29, 0.717) is 11.4 Å². The summed E-state index contributed by atoms with van der Waals surface area (Å²) in [6, 6.07) is 18.7. The third kappa shape index (κ3) is 3.66. The van der Waals surface area contributed by atoms with E-state index < -0.39 is 11.7 Å². The van der Waals surface area contributed by atoms with Gasteiger partial charge in [-0.2, -0.15) is 5.26 Å². The molecule has 3 aromatic carbocycles. The lowest BCUT2D eigenvalue weighted by Gasteiger charge is -2.12. The quantitative estimate of drug-likeness (QED) is 0.506. The number of fused-ring (bicyclic) bond motifs is 1. The van der Waals surface area contributed by atoms with Crippen LogP contribution in [0.2, 0.25) is 0 Å². The Kier molecular flexibility index (Phi) is 4.94. The van der Waals surface area contributed by atoms with Crippen molar-refractivity contribution in [3.63, 3.8) is 0 Å². The number of carbonyl (C=O) groups is 1. The molecule has 1 N–H and O–H groups in total. The monoisotopic (exact) mass is 403 g/mol. The summed E-state index contributed by atoms with van der Waals surface area (Å²) in [5.41, 5.74) is 2.10. The van der Waals surface area contributed by atoms with Gasteiger partial charge in [-0.3, -0.25) is 4.79 Å². The number of nitriles is 1. The molecular weight excluding hydrogens is 389 g/mol. The van der Waals surface area contributed by atoms with Crippen molar-refractivity contribution in [2.24, 2.45) is 0 Å². The summed E-state index contributed by atoms with van der Waals surface area (Å²) in [5, 5.41) is 12.3. The number of nitrogens with zero attached hydrogens (tertiary/aromatic N) is 2. The maximum Gasteiger partial charge on any atom is 0.258 e. The average molecular weight is 403 g/mol. The van der Waals surface area contributed by atoms with Crippen LogP contribution in [0.25, 0.3) is 20.8 Å². The zero-order valence-corrected chi connectivity index (χ0v) is 16.1. The first kappa shape index (κ1) is 18.6. The molecule has 142 valence electrons. The minimum atomic E-state index is -0.761. The Labute approximate surface area is 170 Å². The first-order valence-corrected chi connectivity index (χ1v) is 9.45. The fraction of sp³-hybridized carbons (Fsp3) is 0.0455. The van der Waals surface area contributed by atoms with E-state index in [1.54, 1.807) is 12.1 Å². The van der Waals surface area contributed by atoms with Crippen LogP contribution in [0, 0.1) is 17.1 Å². The van der Waals surface area contributed by atoms with Gasteiger partial charge in [-0.1, -0.05) is 12.1 Å². The number of amides is 1. The van der Waals surface area contributed by atoms with E-state index in [4.69, 9.17) is 10.00 Å². The third-order valence-electron chi connectivity index (χ3n) is 4.33. The van der Waals surface area contributed by atoms with Gasteiger partial charge in [0.25, 0.3) is 5.91 Å². The molecule has 0 spiro atoms. The molecule has 0 fully saturated rings. The number of carbonyl (C=O) groups excluding carboxylic acids is 1. The van der Waals surface area contributed by atoms with E-state index >= 15 is 0 Å². The van der Waals surface area contributed by atoms with Gasteiger partial charge in [0.2, 0.25) is 0 Å². The van der Waals surface area contributed by atoms with Crippen LogP contribution < -0.4 is 10.1 Å². The van der Waals surface area contributed by atoms with E-state index in [2.05, 4.69) is 10.3 Å². The molecule has 1 heterocycles. The first-order chi connectivity index (χ1) is 14.1. The number of halogens is 1. The summed E-state index contributed by atoms with van der Waals surface area (Å²) < 4.78 is 20.6.